The number of hydrogen-bond donors (Lipinski definition) is 1. The van der Waals surface area contributed by atoms with Crippen molar-refractivity contribution in [1.82, 2.24) is 18.7 Å². The van der Waals surface area contributed by atoms with Crippen molar-refractivity contribution in [2.24, 2.45) is 7.05 Å². The Kier molecular flexibility index (Phi) is 4.23. The Morgan fingerprint density at radius 2 is 2.00 bits per heavy atom. The molecule has 0 aliphatic carbocycles. The highest BCUT2D eigenvalue weighted by Crippen LogP contribution is 2.36. The van der Waals surface area contributed by atoms with E-state index >= 15 is 0 Å². The minimum Gasteiger partial charge on any atom is -0.495 e. The van der Waals surface area contributed by atoms with Crippen LogP contribution in [0.2, 0.25) is 0 Å². The van der Waals surface area contributed by atoms with Crippen LogP contribution in [0.1, 0.15) is 6.42 Å². The quantitative estimate of drug-likeness (QED) is 0.699. The Morgan fingerprint density at radius 3 is 2.74 bits per heavy atom. The average molecular weight is 371 g/mol. The molecular formula is C18H21N5O4. The molecule has 1 aliphatic rings. The lowest BCUT2D eigenvalue weighted by Crippen LogP contribution is -2.39. The minimum atomic E-state index is -0.429. The maximum absolute atomic E-state index is 13.0. The summed E-state index contributed by atoms with van der Waals surface area (Å²) in [6.45, 7) is 1.32. The van der Waals surface area contributed by atoms with E-state index in [1.807, 2.05) is 33.7 Å². The Morgan fingerprint density at radius 1 is 1.22 bits per heavy atom. The fraction of sp³-hybridized carbons (Fsp3) is 0.389. The average Bonchev–Trinajstić information content (AvgIpc) is 3.25. The second-order valence-corrected chi connectivity index (χ2v) is 6.43. The summed E-state index contributed by atoms with van der Waals surface area (Å²) < 4.78 is 9.85. The molecule has 3 aromatic rings. The third kappa shape index (κ3) is 2.54. The van der Waals surface area contributed by atoms with Gasteiger partial charge >= 0.3 is 5.69 Å². The van der Waals surface area contributed by atoms with E-state index in [0.717, 1.165) is 5.69 Å². The van der Waals surface area contributed by atoms with E-state index in [1.165, 1.54) is 9.13 Å². The van der Waals surface area contributed by atoms with Gasteiger partial charge in [-0.15, -0.1) is 0 Å². The molecular weight excluding hydrogens is 350 g/mol. The molecule has 0 atom stereocenters. The number of para-hydroxylation sites is 2. The van der Waals surface area contributed by atoms with Gasteiger partial charge in [-0.2, -0.15) is 4.98 Å². The number of hydrogen-bond acceptors (Lipinski definition) is 6. The fourth-order valence-corrected chi connectivity index (χ4v) is 3.58. The van der Waals surface area contributed by atoms with E-state index in [-0.39, 0.29) is 18.7 Å². The van der Waals surface area contributed by atoms with Crippen molar-refractivity contribution in [3.63, 3.8) is 0 Å². The first-order valence-electron chi connectivity index (χ1n) is 8.80. The zero-order valence-corrected chi connectivity index (χ0v) is 15.3. The van der Waals surface area contributed by atoms with Crippen LogP contribution in [0.25, 0.3) is 11.2 Å². The molecule has 0 unspecified atom stereocenters. The molecule has 9 heteroatoms. The molecule has 0 fully saturated rings. The lowest BCUT2D eigenvalue weighted by atomic mass is 10.2. The summed E-state index contributed by atoms with van der Waals surface area (Å²) in [5, 5.41) is 9.06. The molecule has 0 radical (unpaired) electrons. The number of methoxy groups -OCH3 is 1. The lowest BCUT2D eigenvalue weighted by molar-refractivity contribution is 0.277. The number of aromatic nitrogens is 4. The smallest absolute Gasteiger partial charge is 0.332 e. The highest BCUT2D eigenvalue weighted by molar-refractivity contribution is 5.79. The summed E-state index contributed by atoms with van der Waals surface area (Å²) in [7, 11) is 3.22. The molecule has 1 aliphatic heterocycles. The van der Waals surface area contributed by atoms with Gasteiger partial charge in [-0.05, 0) is 18.6 Å². The van der Waals surface area contributed by atoms with Gasteiger partial charge in [0.25, 0.3) is 5.56 Å². The predicted molar refractivity (Wildman–Crippen MR) is 101 cm³/mol. The summed E-state index contributed by atoms with van der Waals surface area (Å²) in [6.07, 6.45) is 0.342. The second kappa shape index (κ2) is 6.58. The first kappa shape index (κ1) is 17.3. The minimum absolute atomic E-state index is 0.0836. The van der Waals surface area contributed by atoms with Crippen LogP contribution in [0.3, 0.4) is 0 Å². The van der Waals surface area contributed by atoms with Crippen molar-refractivity contribution in [1.29, 1.82) is 0 Å². The van der Waals surface area contributed by atoms with E-state index in [9.17, 15) is 9.59 Å². The highest BCUT2D eigenvalue weighted by Gasteiger charge is 2.29. The summed E-state index contributed by atoms with van der Waals surface area (Å²) >= 11 is 0. The molecule has 0 amide bonds. The molecule has 2 aromatic heterocycles. The Hall–Kier alpha value is -3.07. The first-order chi connectivity index (χ1) is 13.1. The van der Waals surface area contributed by atoms with Crippen LogP contribution < -0.4 is 20.9 Å². The monoisotopic (exact) mass is 371 g/mol. The van der Waals surface area contributed by atoms with Crippen molar-refractivity contribution in [3.8, 4) is 5.75 Å². The molecule has 0 spiro atoms. The van der Waals surface area contributed by atoms with Gasteiger partial charge < -0.3 is 19.3 Å². The molecule has 4 rings (SSSR count). The molecule has 3 heterocycles. The van der Waals surface area contributed by atoms with Gasteiger partial charge in [0.15, 0.2) is 11.2 Å². The van der Waals surface area contributed by atoms with E-state index in [0.29, 0.717) is 42.4 Å². The number of ether oxygens (including phenoxy) is 1. The number of fused-ring (bicyclic) bond motifs is 3. The zero-order chi connectivity index (χ0) is 19.1. The van der Waals surface area contributed by atoms with Crippen LogP contribution in [0, 0.1) is 0 Å². The van der Waals surface area contributed by atoms with Gasteiger partial charge in [0, 0.05) is 33.3 Å². The van der Waals surface area contributed by atoms with Crippen molar-refractivity contribution in [3.05, 3.63) is 45.1 Å². The Balaban J connectivity index is 1.93. The molecule has 1 aromatic carbocycles. The molecule has 9 nitrogen and oxygen atoms in total. The Labute approximate surface area is 154 Å². The summed E-state index contributed by atoms with van der Waals surface area (Å²) in [6, 6.07) is 7.62. The largest absolute Gasteiger partial charge is 0.495 e. The fourth-order valence-electron chi connectivity index (χ4n) is 3.58. The van der Waals surface area contributed by atoms with Crippen molar-refractivity contribution < 1.29 is 9.84 Å². The number of aliphatic hydroxyl groups excluding tert-OH is 1. The zero-order valence-electron chi connectivity index (χ0n) is 15.3. The summed E-state index contributed by atoms with van der Waals surface area (Å²) in [5.74, 6) is 1.33. The van der Waals surface area contributed by atoms with Crippen LogP contribution in [0.4, 0.5) is 11.6 Å². The van der Waals surface area contributed by atoms with Crippen molar-refractivity contribution in [2.75, 3.05) is 25.2 Å². The number of aliphatic hydroxyl groups is 1. The molecule has 142 valence electrons. The van der Waals surface area contributed by atoms with Gasteiger partial charge in [-0.3, -0.25) is 13.9 Å². The van der Waals surface area contributed by atoms with E-state index in [4.69, 9.17) is 9.84 Å². The first-order valence-corrected chi connectivity index (χ1v) is 8.80. The number of benzene rings is 1. The van der Waals surface area contributed by atoms with Crippen LogP contribution in [0.5, 0.6) is 5.75 Å². The highest BCUT2D eigenvalue weighted by atomic mass is 16.5. The predicted octanol–water partition coefficient (Wildman–Crippen LogP) is 0.439. The van der Waals surface area contributed by atoms with Gasteiger partial charge in [0.2, 0.25) is 5.95 Å². The van der Waals surface area contributed by atoms with Crippen LogP contribution in [0.15, 0.2) is 33.9 Å². The topological polar surface area (TPSA) is 94.5 Å². The van der Waals surface area contributed by atoms with E-state index in [1.54, 1.807) is 14.2 Å². The van der Waals surface area contributed by atoms with Gasteiger partial charge in [-0.25, -0.2) is 4.79 Å². The maximum Gasteiger partial charge on any atom is 0.332 e. The van der Waals surface area contributed by atoms with E-state index < -0.39 is 5.69 Å². The SMILES string of the molecule is COc1ccccc1N1CCn2c1nc1c2c(=O)n(CCCO)c(=O)n1C. The number of anilines is 2. The number of nitrogens with zero attached hydrogens (tertiary/aromatic N) is 5. The lowest BCUT2D eigenvalue weighted by Gasteiger charge is -2.18. The summed E-state index contributed by atoms with van der Waals surface area (Å²) in [5.41, 5.74) is 0.825. The Bertz CT molecular complexity index is 1130. The van der Waals surface area contributed by atoms with E-state index in [2.05, 4.69) is 4.98 Å². The molecule has 1 N–H and O–H groups in total. The normalized spacial score (nSPS) is 13.4. The molecule has 0 saturated carbocycles. The standard InChI is InChI=1S/C18H21N5O4/c1-20-15-14(16(25)23(18(20)26)8-5-11-24)22-10-9-21(17(22)19-15)12-6-3-4-7-13(12)27-2/h3-4,6-7,24H,5,8-11H2,1-2H3. The molecule has 0 saturated heterocycles. The van der Waals surface area contributed by atoms with Crippen molar-refractivity contribution >= 4 is 22.8 Å². The third-order valence-electron chi connectivity index (χ3n) is 4.92. The second-order valence-electron chi connectivity index (χ2n) is 6.43. The van der Waals surface area contributed by atoms with Crippen molar-refractivity contribution in [2.45, 2.75) is 19.5 Å². The van der Waals surface area contributed by atoms with Gasteiger partial charge in [-0.1, -0.05) is 12.1 Å². The van der Waals surface area contributed by atoms with Gasteiger partial charge in [0.1, 0.15) is 5.75 Å². The maximum atomic E-state index is 13.0. The van der Waals surface area contributed by atoms with Crippen LogP contribution >= 0.6 is 0 Å². The third-order valence-corrected chi connectivity index (χ3v) is 4.92. The van der Waals surface area contributed by atoms with Crippen LogP contribution in [-0.2, 0) is 20.1 Å². The molecule has 0 bridgehead atoms. The number of rotatable bonds is 5. The summed E-state index contributed by atoms with van der Waals surface area (Å²) in [4.78, 5) is 32.1. The van der Waals surface area contributed by atoms with Gasteiger partial charge in [0.05, 0.1) is 12.8 Å². The van der Waals surface area contributed by atoms with Crippen LogP contribution in [-0.4, -0.2) is 44.1 Å². The number of imidazole rings is 1. The number of aryl methyl sites for hydroxylation is 1. The molecule has 27 heavy (non-hydrogen) atoms.